The van der Waals surface area contributed by atoms with Gasteiger partial charge in [0.05, 0.1) is 18.8 Å². The second-order valence-corrected chi connectivity index (χ2v) is 12.8. The smallest absolute Gasteiger partial charge is 0.251 e. The topological polar surface area (TPSA) is 144 Å². The average Bonchev–Trinajstić information content (AvgIpc) is 3.13. The summed E-state index contributed by atoms with van der Waals surface area (Å²) in [6.45, 7) is 0.369. The number of pyridine rings is 1. The molecule has 0 radical (unpaired) electrons. The van der Waals surface area contributed by atoms with Gasteiger partial charge in [0.1, 0.15) is 0 Å². The zero-order valence-electron chi connectivity index (χ0n) is 26.6. The number of ether oxygens (including phenoxy) is 2. The van der Waals surface area contributed by atoms with Crippen LogP contribution in [-0.2, 0) is 32.2 Å². The molecule has 3 atom stereocenters. The van der Waals surface area contributed by atoms with Crippen LogP contribution >= 0.6 is 11.8 Å². The molecule has 0 spiro atoms. The van der Waals surface area contributed by atoms with Gasteiger partial charge in [-0.3, -0.25) is 14.8 Å². The van der Waals surface area contributed by atoms with Gasteiger partial charge in [-0.05, 0) is 58.9 Å². The number of aliphatic hydroxyl groups excluding tert-OH is 1. The predicted molar refractivity (Wildman–Crippen MR) is 181 cm³/mol. The molecule has 4 aromatic rings. The Kier molecular flexibility index (Phi) is 13.0. The maximum Gasteiger partial charge on any atom is 0.251 e. The van der Waals surface area contributed by atoms with E-state index in [0.717, 1.165) is 44.5 Å². The van der Waals surface area contributed by atoms with Crippen molar-refractivity contribution in [1.29, 1.82) is 0 Å². The quantitative estimate of drug-likeness (QED) is 0.0306. The van der Waals surface area contributed by atoms with E-state index < -0.39 is 12.2 Å². The van der Waals surface area contributed by atoms with Gasteiger partial charge in [-0.1, -0.05) is 78.8 Å². The number of hydroxylamine groups is 1. The number of carbonyl (C=O) groups is 2. The number of amides is 2. The van der Waals surface area contributed by atoms with E-state index in [1.54, 1.807) is 17.6 Å². The molecule has 0 bridgehead atoms. The van der Waals surface area contributed by atoms with Gasteiger partial charge in [0.15, 0.2) is 12.5 Å². The Morgan fingerprint density at radius 3 is 2.33 bits per heavy atom. The van der Waals surface area contributed by atoms with Gasteiger partial charge in [-0.15, -0.1) is 0 Å². The Morgan fingerprint density at radius 1 is 0.833 bits per heavy atom. The molecule has 48 heavy (non-hydrogen) atoms. The van der Waals surface area contributed by atoms with Gasteiger partial charge in [-0.25, -0.2) is 5.48 Å². The predicted octanol–water partition coefficient (Wildman–Crippen LogP) is 5.89. The largest absolute Gasteiger partial charge is 0.618 e. The summed E-state index contributed by atoms with van der Waals surface area (Å²) in [7, 11) is 0. The van der Waals surface area contributed by atoms with E-state index in [2.05, 4.69) is 17.4 Å². The number of rotatable bonds is 15. The van der Waals surface area contributed by atoms with Gasteiger partial charge >= 0.3 is 0 Å². The Labute approximate surface area is 284 Å². The molecular weight excluding hydrogens is 630 g/mol. The first-order valence-corrected chi connectivity index (χ1v) is 17.1. The standard InChI is InChI=1S/C37H41N3O7S/c41-24-26-15-17-28(18-16-26)33-22-32(25-48-36-14-4-5-19-40(36)45)46-37(47-33)31-11-7-10-30(21-31)29-9-6-8-27(20-29)23-38-34(42)12-2-1-3-13-35(43)39-44/h4-11,14-21,32-33,37,41,44H,1-3,12-13,22-25H2,(H,38,42)(H,39,43)/t32-,33+,37+/m1/s1. The molecule has 1 aliphatic rings. The molecule has 1 fully saturated rings. The highest BCUT2D eigenvalue weighted by Gasteiger charge is 2.33. The van der Waals surface area contributed by atoms with E-state index >= 15 is 0 Å². The number of aliphatic hydroxyl groups is 1. The third-order valence-corrected chi connectivity index (χ3v) is 9.31. The van der Waals surface area contributed by atoms with Crippen molar-refractivity contribution in [3.8, 4) is 11.1 Å². The summed E-state index contributed by atoms with van der Waals surface area (Å²) in [5.74, 6) is 0.108. The molecule has 11 heteroatoms. The third-order valence-electron chi connectivity index (χ3n) is 8.16. The fraction of sp³-hybridized carbons (Fsp3) is 0.324. The Hall–Kier alpha value is -4.26. The van der Waals surface area contributed by atoms with Crippen LogP contribution in [0.3, 0.4) is 0 Å². The summed E-state index contributed by atoms with van der Waals surface area (Å²) in [6.07, 6.45) is 3.66. The van der Waals surface area contributed by atoms with E-state index in [1.807, 2.05) is 66.7 Å². The molecular formula is C37H41N3O7S. The molecule has 252 valence electrons. The maximum atomic E-state index is 12.4. The zero-order valence-corrected chi connectivity index (χ0v) is 27.4. The first-order chi connectivity index (χ1) is 23.4. The van der Waals surface area contributed by atoms with Crippen molar-refractivity contribution in [3.05, 3.63) is 125 Å². The van der Waals surface area contributed by atoms with Crippen molar-refractivity contribution in [2.24, 2.45) is 0 Å². The highest BCUT2D eigenvalue weighted by Crippen LogP contribution is 2.40. The van der Waals surface area contributed by atoms with Gasteiger partial charge in [-0.2, -0.15) is 4.73 Å². The lowest BCUT2D eigenvalue weighted by atomic mass is 9.99. The number of hydrogen-bond acceptors (Lipinski definition) is 8. The fourth-order valence-electron chi connectivity index (χ4n) is 5.54. The molecule has 1 aliphatic heterocycles. The van der Waals surface area contributed by atoms with E-state index in [1.165, 1.54) is 18.0 Å². The van der Waals surface area contributed by atoms with Crippen molar-refractivity contribution in [1.82, 2.24) is 10.8 Å². The molecule has 0 aliphatic carbocycles. The van der Waals surface area contributed by atoms with Crippen LogP contribution < -0.4 is 15.5 Å². The molecule has 5 rings (SSSR count). The van der Waals surface area contributed by atoms with Crippen LogP contribution in [0.1, 0.15) is 73.2 Å². The van der Waals surface area contributed by atoms with Crippen molar-refractivity contribution in [3.63, 3.8) is 0 Å². The van der Waals surface area contributed by atoms with Gasteiger partial charge in [0.2, 0.25) is 11.8 Å². The summed E-state index contributed by atoms with van der Waals surface area (Å²) in [5, 5.41) is 33.9. The van der Waals surface area contributed by atoms with Crippen molar-refractivity contribution >= 4 is 23.6 Å². The van der Waals surface area contributed by atoms with Crippen LogP contribution in [0.2, 0.25) is 0 Å². The molecule has 1 aromatic heterocycles. The lowest BCUT2D eigenvalue weighted by Crippen LogP contribution is -2.32. The van der Waals surface area contributed by atoms with Crippen LogP contribution in [0.5, 0.6) is 0 Å². The molecule has 0 unspecified atom stereocenters. The van der Waals surface area contributed by atoms with Gasteiger partial charge < -0.3 is 25.1 Å². The summed E-state index contributed by atoms with van der Waals surface area (Å²) in [4.78, 5) is 23.5. The minimum absolute atomic E-state index is 0.0293. The lowest BCUT2D eigenvalue weighted by molar-refractivity contribution is -0.645. The molecule has 10 nitrogen and oxygen atoms in total. The first-order valence-electron chi connectivity index (χ1n) is 16.1. The SMILES string of the molecule is O=C(CCCCCC(=O)NCc1cccc(-c2cccc([C@H]3O[C@@H](CSc4cccc[n+]4[O-])C[C@@H](c4ccc(CO)cc4)O3)c2)c1)NO. The van der Waals surface area contributed by atoms with Crippen LogP contribution in [0, 0.1) is 5.21 Å². The lowest BCUT2D eigenvalue weighted by Gasteiger charge is -2.36. The number of nitrogens with one attached hydrogen (secondary N) is 2. The molecule has 2 amide bonds. The maximum absolute atomic E-state index is 12.4. The number of carbonyl (C=O) groups excluding carboxylic acids is 2. The van der Waals surface area contributed by atoms with Crippen molar-refractivity contribution < 1.29 is 34.1 Å². The molecule has 4 N–H and O–H groups in total. The average molecular weight is 672 g/mol. The van der Waals surface area contributed by atoms with Crippen LogP contribution in [0.4, 0.5) is 0 Å². The highest BCUT2D eigenvalue weighted by atomic mass is 32.2. The van der Waals surface area contributed by atoms with Gasteiger partial charge in [0.25, 0.3) is 5.03 Å². The number of nitrogens with zero attached hydrogens (tertiary/aromatic N) is 1. The Morgan fingerprint density at radius 2 is 1.58 bits per heavy atom. The molecule has 2 heterocycles. The summed E-state index contributed by atoms with van der Waals surface area (Å²) in [6, 6.07) is 29.2. The van der Waals surface area contributed by atoms with E-state index in [4.69, 9.17) is 14.7 Å². The van der Waals surface area contributed by atoms with E-state index in [-0.39, 0.29) is 31.1 Å². The summed E-state index contributed by atoms with van der Waals surface area (Å²) in [5.41, 5.74) is 7.25. The fourth-order valence-corrected chi connectivity index (χ4v) is 6.48. The van der Waals surface area contributed by atoms with Crippen LogP contribution in [0.25, 0.3) is 11.1 Å². The van der Waals surface area contributed by atoms with Crippen molar-refractivity contribution in [2.75, 3.05) is 5.75 Å². The number of aromatic nitrogens is 1. The monoisotopic (exact) mass is 671 g/mol. The second-order valence-electron chi connectivity index (χ2n) is 11.7. The molecule has 3 aromatic carbocycles. The van der Waals surface area contributed by atoms with E-state index in [0.29, 0.717) is 43.0 Å². The first kappa shape index (κ1) is 35.1. The number of thioether (sulfide) groups is 1. The number of hydrogen-bond donors (Lipinski definition) is 4. The van der Waals surface area contributed by atoms with Crippen LogP contribution in [-0.4, -0.2) is 34.0 Å². The second kappa shape index (κ2) is 17.8. The Balaban J connectivity index is 1.25. The molecule has 1 saturated heterocycles. The summed E-state index contributed by atoms with van der Waals surface area (Å²) < 4.78 is 13.9. The van der Waals surface area contributed by atoms with Crippen LogP contribution in [0.15, 0.2) is 102 Å². The van der Waals surface area contributed by atoms with E-state index in [9.17, 15) is 19.9 Å². The summed E-state index contributed by atoms with van der Waals surface area (Å²) >= 11 is 1.45. The zero-order chi connectivity index (χ0) is 33.7. The molecule has 0 saturated carbocycles. The van der Waals surface area contributed by atoms with Gasteiger partial charge in [0, 0.05) is 49.3 Å². The number of benzene rings is 3. The highest BCUT2D eigenvalue weighted by molar-refractivity contribution is 7.99. The minimum Gasteiger partial charge on any atom is -0.618 e. The Bertz CT molecular complexity index is 1650. The normalized spacial score (nSPS) is 17.5. The number of unbranched alkanes of at least 4 members (excludes halogenated alkanes) is 2. The van der Waals surface area contributed by atoms with Crippen molar-refractivity contribution in [2.45, 2.75) is 75.2 Å². The third kappa shape index (κ3) is 10.1. The minimum atomic E-state index is -0.637.